The average molecular weight is 827 g/mol. The molecular weight excluding hydrogens is 790 g/mol. The number of nitrogens with zero attached hydrogens (tertiary/aromatic N) is 4. The molecule has 5 aliphatic rings. The lowest BCUT2D eigenvalue weighted by Gasteiger charge is -2.48. The van der Waals surface area contributed by atoms with Crippen LogP contribution >= 0.6 is 0 Å². The van der Waals surface area contributed by atoms with Gasteiger partial charge in [-0.15, -0.1) is 0 Å². The van der Waals surface area contributed by atoms with Crippen LogP contribution in [0.3, 0.4) is 0 Å². The smallest absolute Gasteiger partial charge is 0.297 e. The monoisotopic (exact) mass is 826 g/mol. The van der Waals surface area contributed by atoms with Crippen molar-refractivity contribution in [1.29, 1.82) is 0 Å². The zero-order chi connectivity index (χ0) is 42.3. The first-order chi connectivity index (χ1) is 32.3. The molecule has 0 aliphatic carbocycles. The van der Waals surface area contributed by atoms with Crippen LogP contribution < -0.4 is 52.8 Å². The standard InChI is InChI=1S/C58H36B2N4O/c1-5-17-37(18-6-1)39-32-34-45-44(35-39)60-54-48(61(45)41-21-9-3-10-22-41)27-15-30-51(54)64-47-26-14-13-25-46(47)63-50-29-16-28-49-53(50)59(57-55(63)56(64)58(60)65-57)43-33-31-40(38-19-7-2-8-20-38)36-52(43)62(49)42-23-11-4-12-24-42/h1-36H. The number of anilines is 12. The molecule has 0 radical (unpaired) electrons. The summed E-state index contributed by atoms with van der Waals surface area (Å²) in [6, 6.07) is 79.9. The van der Waals surface area contributed by atoms with Crippen molar-refractivity contribution in [2.75, 3.05) is 19.6 Å². The van der Waals surface area contributed by atoms with Gasteiger partial charge < -0.3 is 24.0 Å². The van der Waals surface area contributed by atoms with E-state index in [4.69, 9.17) is 4.42 Å². The van der Waals surface area contributed by atoms with E-state index in [0.29, 0.717) is 0 Å². The summed E-state index contributed by atoms with van der Waals surface area (Å²) in [5.74, 6) is 0. The minimum absolute atomic E-state index is 0.160. The Balaban J connectivity index is 1.04. The molecule has 0 fully saturated rings. The Morgan fingerprint density at radius 3 is 1.23 bits per heavy atom. The summed E-state index contributed by atoms with van der Waals surface area (Å²) in [6.07, 6.45) is 0. The molecule has 15 rings (SSSR count). The number of hydrogen-bond acceptors (Lipinski definition) is 5. The molecule has 5 nitrogen and oxygen atoms in total. The van der Waals surface area contributed by atoms with Crippen molar-refractivity contribution in [3.63, 3.8) is 0 Å². The molecule has 0 unspecified atom stereocenters. The fourth-order valence-corrected chi connectivity index (χ4v) is 11.7. The first-order valence-corrected chi connectivity index (χ1v) is 22.5. The van der Waals surface area contributed by atoms with Gasteiger partial charge >= 0.3 is 0 Å². The highest BCUT2D eigenvalue weighted by atomic mass is 16.3. The lowest BCUT2D eigenvalue weighted by atomic mass is 9.35. The van der Waals surface area contributed by atoms with E-state index in [1.165, 1.54) is 61.2 Å². The molecule has 0 amide bonds. The second kappa shape index (κ2) is 13.1. The average Bonchev–Trinajstić information content (AvgIpc) is 3.77. The van der Waals surface area contributed by atoms with Gasteiger partial charge in [-0.1, -0.05) is 146 Å². The zero-order valence-corrected chi connectivity index (χ0v) is 35.1. The SMILES string of the molecule is c1ccc(-c2ccc3c(c2)B2c4oc5c6c4N(c4ccccc4N6c4cccc6c4B5c4ccc(-c5ccccc5)cc4N6c4ccccc4)c4cccc(c42)N3c2ccccc2)cc1. The van der Waals surface area contributed by atoms with Crippen LogP contribution in [0.2, 0.25) is 0 Å². The molecule has 1 aromatic heterocycles. The largest absolute Gasteiger partial charge is 0.480 e. The number of para-hydroxylation sites is 4. The quantitative estimate of drug-likeness (QED) is 0.165. The fourth-order valence-electron chi connectivity index (χ4n) is 11.7. The molecule has 65 heavy (non-hydrogen) atoms. The summed E-state index contributed by atoms with van der Waals surface area (Å²) in [4.78, 5) is 9.95. The molecule has 0 atom stereocenters. The van der Waals surface area contributed by atoms with E-state index in [2.05, 4.69) is 238 Å². The van der Waals surface area contributed by atoms with Crippen molar-refractivity contribution in [3.8, 4) is 22.3 Å². The molecule has 9 aromatic carbocycles. The van der Waals surface area contributed by atoms with Crippen LogP contribution in [0.5, 0.6) is 0 Å². The maximum Gasteiger partial charge on any atom is 0.297 e. The molecule has 0 saturated carbocycles. The van der Waals surface area contributed by atoms with Crippen LogP contribution in [0.25, 0.3) is 22.3 Å². The second-order valence-corrected chi connectivity index (χ2v) is 17.6. The molecule has 7 heteroatoms. The van der Waals surface area contributed by atoms with E-state index in [9.17, 15) is 0 Å². The summed E-state index contributed by atoms with van der Waals surface area (Å²) >= 11 is 0. The predicted molar refractivity (Wildman–Crippen MR) is 271 cm³/mol. The summed E-state index contributed by atoms with van der Waals surface area (Å²) in [7, 11) is 0. The number of fused-ring (bicyclic) bond motifs is 11. The van der Waals surface area contributed by atoms with Crippen LogP contribution in [0.1, 0.15) is 0 Å². The summed E-state index contributed by atoms with van der Waals surface area (Å²) in [6.45, 7) is -0.331. The number of benzene rings is 9. The molecule has 0 bridgehead atoms. The van der Waals surface area contributed by atoms with E-state index < -0.39 is 0 Å². The van der Waals surface area contributed by atoms with E-state index in [1.807, 2.05) is 0 Å². The van der Waals surface area contributed by atoms with Crippen molar-refractivity contribution in [2.45, 2.75) is 0 Å². The lowest BCUT2D eigenvalue weighted by molar-refractivity contribution is 0.634. The van der Waals surface area contributed by atoms with Gasteiger partial charge in [0.15, 0.2) is 0 Å². The van der Waals surface area contributed by atoms with Crippen molar-refractivity contribution in [1.82, 2.24) is 0 Å². The van der Waals surface area contributed by atoms with Crippen LogP contribution in [0.15, 0.2) is 223 Å². The van der Waals surface area contributed by atoms with Crippen LogP contribution in [0, 0.1) is 0 Å². The van der Waals surface area contributed by atoms with Crippen LogP contribution in [0.4, 0.5) is 68.2 Å². The van der Waals surface area contributed by atoms with E-state index in [1.54, 1.807) is 0 Å². The van der Waals surface area contributed by atoms with E-state index in [0.717, 1.165) is 62.5 Å². The minimum atomic E-state index is -0.171. The number of rotatable bonds is 4. The molecule has 0 N–H and O–H groups in total. The normalized spacial score (nSPS) is 14.0. The molecule has 6 heterocycles. The van der Waals surface area contributed by atoms with Crippen molar-refractivity contribution >= 4 is 115 Å². The van der Waals surface area contributed by atoms with Crippen molar-refractivity contribution < 1.29 is 4.42 Å². The van der Waals surface area contributed by atoms with Gasteiger partial charge in [0.25, 0.3) is 13.4 Å². The van der Waals surface area contributed by atoms with Gasteiger partial charge in [0, 0.05) is 45.5 Å². The molecule has 10 aromatic rings. The minimum Gasteiger partial charge on any atom is -0.480 e. The molecule has 0 saturated heterocycles. The number of furan rings is 1. The van der Waals surface area contributed by atoms with Gasteiger partial charge in [-0.05, 0) is 117 Å². The highest BCUT2D eigenvalue weighted by molar-refractivity contribution is 7.02. The summed E-state index contributed by atoms with van der Waals surface area (Å²) in [5, 5.41) is 0. The molecule has 5 aliphatic heterocycles. The Morgan fingerprint density at radius 2 is 0.692 bits per heavy atom. The zero-order valence-electron chi connectivity index (χ0n) is 35.1. The topological polar surface area (TPSA) is 26.1 Å². The van der Waals surface area contributed by atoms with Gasteiger partial charge in [0.2, 0.25) is 0 Å². The number of hydrogen-bond donors (Lipinski definition) is 0. The Hall–Kier alpha value is -8.41. The third kappa shape index (κ3) is 4.69. The van der Waals surface area contributed by atoms with Gasteiger partial charge in [0.1, 0.15) is 11.4 Å². The molecule has 300 valence electrons. The van der Waals surface area contributed by atoms with E-state index >= 15 is 0 Å². The summed E-state index contributed by atoms with van der Waals surface area (Å²) in [5.41, 5.74) is 25.5. The van der Waals surface area contributed by atoms with Crippen molar-refractivity contribution in [2.24, 2.45) is 0 Å². The third-order valence-corrected chi connectivity index (χ3v) is 14.3. The van der Waals surface area contributed by atoms with Crippen molar-refractivity contribution in [3.05, 3.63) is 218 Å². The van der Waals surface area contributed by atoms with Crippen LogP contribution in [-0.2, 0) is 0 Å². The molecule has 0 spiro atoms. The molecular formula is C58H36B2N4O. The van der Waals surface area contributed by atoms with Gasteiger partial charge in [-0.25, -0.2) is 0 Å². The van der Waals surface area contributed by atoms with Gasteiger partial charge in [-0.2, -0.15) is 0 Å². The Bertz CT molecular complexity index is 3600. The predicted octanol–water partition coefficient (Wildman–Crippen LogP) is 11.1. The van der Waals surface area contributed by atoms with Gasteiger partial charge in [0.05, 0.1) is 22.7 Å². The maximum atomic E-state index is 7.87. The highest BCUT2D eigenvalue weighted by Crippen LogP contribution is 2.57. The first kappa shape index (κ1) is 35.1. The lowest BCUT2D eigenvalue weighted by Crippen LogP contribution is -2.61. The fraction of sp³-hybridized carbons (Fsp3) is 0. The summed E-state index contributed by atoms with van der Waals surface area (Å²) < 4.78 is 7.87. The Labute approximate surface area is 377 Å². The van der Waals surface area contributed by atoms with Crippen LogP contribution in [-0.4, -0.2) is 13.4 Å². The first-order valence-electron chi connectivity index (χ1n) is 22.5. The van der Waals surface area contributed by atoms with E-state index in [-0.39, 0.29) is 13.4 Å². The Kier molecular flexibility index (Phi) is 7.06. The third-order valence-electron chi connectivity index (χ3n) is 14.3. The highest BCUT2D eigenvalue weighted by Gasteiger charge is 2.55. The second-order valence-electron chi connectivity index (χ2n) is 17.6. The Morgan fingerprint density at radius 1 is 0.277 bits per heavy atom. The maximum absolute atomic E-state index is 7.87. The van der Waals surface area contributed by atoms with Gasteiger partial charge in [-0.3, -0.25) is 0 Å².